The molecule has 0 aliphatic carbocycles. The Morgan fingerprint density at radius 2 is 1.61 bits per heavy atom. The molecule has 0 saturated carbocycles. The quantitative estimate of drug-likeness (QED) is 0.167. The molecule has 11 nitrogen and oxygen atoms in total. The Balaban J connectivity index is 0.000000352. The summed E-state index contributed by atoms with van der Waals surface area (Å²) in [5, 5.41) is 3.19. The first-order valence-corrected chi connectivity index (χ1v) is 16.0. The second kappa shape index (κ2) is 15.1. The van der Waals surface area contributed by atoms with E-state index in [0.29, 0.717) is 34.8 Å². The number of ether oxygens (including phenoxy) is 2. The number of halogens is 1. The predicted molar refractivity (Wildman–Crippen MR) is 159 cm³/mol. The highest BCUT2D eigenvalue weighted by Crippen LogP contribution is 2.21. The lowest BCUT2D eigenvalue weighted by molar-refractivity contribution is -0.679. The zero-order chi connectivity index (χ0) is 29.9. The summed E-state index contributed by atoms with van der Waals surface area (Å²) in [5.74, 6) is 0.500. The minimum atomic E-state index is -4.33. The van der Waals surface area contributed by atoms with E-state index in [1.54, 1.807) is 37.6 Å². The summed E-state index contributed by atoms with van der Waals surface area (Å²) in [7, 11) is -4.73. The first-order valence-electron chi connectivity index (χ1n) is 12.2. The van der Waals surface area contributed by atoms with Gasteiger partial charge in [-0.05, 0) is 52.3 Å². The Morgan fingerprint density at radius 1 is 0.927 bits per heavy atom. The third-order valence-electron chi connectivity index (χ3n) is 5.43. The Kier molecular flexibility index (Phi) is 11.9. The SMILES string of the molecule is COCC[n+]1c(C=CNc2ccccc2)oc2ccc(NS(=O)(=O)CCOC)cc21.O=S(=O)([O-])c1ccccc1Br. The van der Waals surface area contributed by atoms with Crippen molar-refractivity contribution in [2.75, 3.05) is 43.2 Å². The number of aromatic nitrogens is 1. The molecule has 0 aliphatic heterocycles. The Bertz CT molecular complexity index is 1680. The van der Waals surface area contributed by atoms with Gasteiger partial charge in [0.05, 0.1) is 29.0 Å². The maximum Gasteiger partial charge on any atom is 0.375 e. The fourth-order valence-corrected chi connectivity index (χ4v) is 5.92. The van der Waals surface area contributed by atoms with Crippen molar-refractivity contribution < 1.29 is 39.8 Å². The van der Waals surface area contributed by atoms with Crippen molar-refractivity contribution in [3.05, 3.63) is 89.4 Å². The Morgan fingerprint density at radius 3 is 2.24 bits per heavy atom. The fourth-order valence-electron chi connectivity index (χ4n) is 3.52. The highest BCUT2D eigenvalue weighted by molar-refractivity contribution is 9.10. The van der Waals surface area contributed by atoms with Crippen LogP contribution in [0.1, 0.15) is 5.89 Å². The van der Waals surface area contributed by atoms with E-state index in [-0.39, 0.29) is 17.3 Å². The van der Waals surface area contributed by atoms with Crippen LogP contribution in [0.15, 0.2) is 92.8 Å². The number of methoxy groups -OCH3 is 2. The number of hydrogen-bond acceptors (Lipinski definition) is 9. The first-order chi connectivity index (χ1) is 19.5. The summed E-state index contributed by atoms with van der Waals surface area (Å²) >= 11 is 2.95. The standard InChI is InChI=1S/C21H25N3O5S.C6H5BrO3S/c1-27-13-12-24-19-16-18(23-30(25,26)15-14-28-2)8-9-20(19)29-21(24)10-11-22-17-6-4-3-5-7-17;7-5-3-1-2-4-6(5)11(8,9)10/h3-11,16,23H,12-15H2,1-2H3;1-4H,(H,8,9,10). The van der Waals surface area contributed by atoms with Crippen LogP contribution < -0.4 is 14.6 Å². The molecule has 0 saturated heterocycles. The second-order valence-corrected chi connectivity index (χ2v) is 12.5. The van der Waals surface area contributed by atoms with Gasteiger partial charge in [0.25, 0.3) is 5.52 Å². The minimum Gasteiger partial charge on any atom is -0.744 e. The second-order valence-electron chi connectivity index (χ2n) is 8.41. The van der Waals surface area contributed by atoms with E-state index in [4.69, 9.17) is 13.9 Å². The van der Waals surface area contributed by atoms with Gasteiger partial charge in [-0.3, -0.25) is 4.72 Å². The molecule has 220 valence electrons. The van der Waals surface area contributed by atoms with E-state index in [9.17, 15) is 21.4 Å². The molecule has 1 aromatic heterocycles. The molecule has 0 aliphatic rings. The molecule has 1 heterocycles. The average molecular weight is 669 g/mol. The van der Waals surface area contributed by atoms with Gasteiger partial charge in [-0.2, -0.15) is 4.57 Å². The van der Waals surface area contributed by atoms with Crippen LogP contribution in [0.3, 0.4) is 0 Å². The Hall–Kier alpha value is -3.27. The lowest BCUT2D eigenvalue weighted by atomic mass is 10.3. The number of nitrogens with zero attached hydrogens (tertiary/aromatic N) is 1. The molecule has 4 aromatic rings. The molecule has 0 radical (unpaired) electrons. The van der Waals surface area contributed by atoms with E-state index in [1.807, 2.05) is 41.0 Å². The maximum absolute atomic E-state index is 12.2. The summed E-state index contributed by atoms with van der Waals surface area (Å²) < 4.78 is 76.6. The van der Waals surface area contributed by atoms with Crippen LogP contribution in [-0.2, 0) is 36.2 Å². The monoisotopic (exact) mass is 667 g/mol. The van der Waals surface area contributed by atoms with Crippen molar-refractivity contribution in [3.63, 3.8) is 0 Å². The summed E-state index contributed by atoms with van der Waals surface area (Å²) in [4.78, 5) is -0.222. The number of nitrogens with one attached hydrogen (secondary N) is 2. The van der Waals surface area contributed by atoms with Gasteiger partial charge >= 0.3 is 5.89 Å². The predicted octanol–water partition coefficient (Wildman–Crippen LogP) is 4.19. The van der Waals surface area contributed by atoms with Crippen molar-refractivity contribution in [2.45, 2.75) is 11.4 Å². The third-order valence-corrected chi connectivity index (χ3v) is 8.53. The molecule has 2 N–H and O–H groups in total. The molecule has 0 unspecified atom stereocenters. The number of anilines is 2. The van der Waals surface area contributed by atoms with Gasteiger partial charge in [0, 0.05) is 36.6 Å². The smallest absolute Gasteiger partial charge is 0.375 e. The lowest BCUT2D eigenvalue weighted by Gasteiger charge is -2.07. The maximum atomic E-state index is 12.2. The third kappa shape index (κ3) is 9.95. The molecule has 14 heteroatoms. The molecular formula is C27H30BrN3O8S2. The average Bonchev–Trinajstić information content (AvgIpc) is 3.27. The number of sulfonamides is 1. The van der Waals surface area contributed by atoms with Gasteiger partial charge in [-0.25, -0.2) is 16.8 Å². The van der Waals surface area contributed by atoms with E-state index in [2.05, 4.69) is 26.0 Å². The largest absolute Gasteiger partial charge is 0.744 e. The highest BCUT2D eigenvalue weighted by atomic mass is 79.9. The van der Waals surface area contributed by atoms with E-state index < -0.39 is 20.1 Å². The summed E-state index contributed by atoms with van der Waals surface area (Å²) in [6.45, 7) is 1.16. The fraction of sp³-hybridized carbons (Fsp3) is 0.222. The topological polar surface area (TPSA) is 151 Å². The summed E-state index contributed by atoms with van der Waals surface area (Å²) in [5.41, 5.74) is 2.83. The van der Waals surface area contributed by atoms with Crippen molar-refractivity contribution in [1.29, 1.82) is 0 Å². The van der Waals surface area contributed by atoms with Crippen LogP contribution in [-0.4, -0.2) is 54.6 Å². The van der Waals surface area contributed by atoms with Crippen molar-refractivity contribution in [1.82, 2.24) is 0 Å². The van der Waals surface area contributed by atoms with Crippen LogP contribution in [0.4, 0.5) is 11.4 Å². The molecular weight excluding hydrogens is 638 g/mol. The number of oxazole rings is 1. The Labute approximate surface area is 247 Å². The number of fused-ring (bicyclic) bond motifs is 1. The molecule has 0 fully saturated rings. The first kappa shape index (κ1) is 32.2. The molecule has 0 amide bonds. The van der Waals surface area contributed by atoms with Crippen LogP contribution in [0.2, 0.25) is 0 Å². The summed E-state index contributed by atoms with van der Waals surface area (Å²) in [6, 6.07) is 20.8. The van der Waals surface area contributed by atoms with Gasteiger partial charge in [0.1, 0.15) is 16.7 Å². The number of benzene rings is 3. The minimum absolute atomic E-state index is 0.115. The van der Waals surface area contributed by atoms with E-state index in [0.717, 1.165) is 11.2 Å². The van der Waals surface area contributed by atoms with Crippen LogP contribution >= 0.6 is 15.9 Å². The summed E-state index contributed by atoms with van der Waals surface area (Å²) in [6.07, 6.45) is 3.62. The van der Waals surface area contributed by atoms with Gasteiger partial charge in [-0.15, -0.1) is 0 Å². The van der Waals surface area contributed by atoms with E-state index in [1.165, 1.54) is 25.3 Å². The molecule has 0 bridgehead atoms. The van der Waals surface area contributed by atoms with E-state index >= 15 is 0 Å². The molecule has 3 aromatic carbocycles. The van der Waals surface area contributed by atoms with Crippen LogP contribution in [0.5, 0.6) is 0 Å². The number of hydrogen-bond donors (Lipinski definition) is 2. The van der Waals surface area contributed by atoms with Gasteiger partial charge < -0.3 is 23.8 Å². The molecule has 0 atom stereocenters. The zero-order valence-electron chi connectivity index (χ0n) is 22.3. The number of rotatable bonds is 12. The zero-order valence-corrected chi connectivity index (χ0v) is 25.5. The van der Waals surface area contributed by atoms with Crippen LogP contribution in [0, 0.1) is 0 Å². The van der Waals surface area contributed by atoms with Crippen molar-refractivity contribution >= 4 is 64.6 Å². The molecule has 0 spiro atoms. The van der Waals surface area contributed by atoms with Crippen molar-refractivity contribution in [3.8, 4) is 0 Å². The van der Waals surface area contributed by atoms with Crippen molar-refractivity contribution in [2.24, 2.45) is 0 Å². The molecule has 41 heavy (non-hydrogen) atoms. The van der Waals surface area contributed by atoms with Gasteiger partial charge in [-0.1, -0.05) is 30.3 Å². The highest BCUT2D eigenvalue weighted by Gasteiger charge is 2.22. The van der Waals surface area contributed by atoms with Crippen LogP contribution in [0.25, 0.3) is 17.2 Å². The normalized spacial score (nSPS) is 11.8. The molecule has 4 rings (SSSR count). The van der Waals surface area contributed by atoms with Gasteiger partial charge in [0.15, 0.2) is 6.54 Å². The number of para-hydroxylation sites is 1. The lowest BCUT2D eigenvalue weighted by Crippen LogP contribution is -2.37. The van der Waals surface area contributed by atoms with Gasteiger partial charge in [0.2, 0.25) is 15.6 Å².